The fourth-order valence-corrected chi connectivity index (χ4v) is 5.14. The zero-order chi connectivity index (χ0) is 29.6. The lowest BCUT2D eigenvalue weighted by Crippen LogP contribution is -2.42. The standard InChI is InChI=1S/C24H31FN4O2.C4H6O5/c1-4-28(5-2)11-12-29-10-6-7-22-20(24(29)31)15-17(27(22)3)14-19-18-13-16(25)8-9-21(18)26-23(19)30;5-2(4(8)9)1-3(6)7/h8-9,13-15,20,22H,4-7,10-12H2,1-3H3,(H,26,30);2,5H,1H2,(H,6,7)(H,8,9)/b19-14-;. The molecule has 218 valence electrons. The molecule has 2 amide bonds. The second-order valence-corrected chi connectivity index (χ2v) is 9.94. The maximum absolute atomic E-state index is 13.8. The number of carboxylic acids is 2. The van der Waals surface area contributed by atoms with Gasteiger partial charge in [-0.05, 0) is 56.3 Å². The molecule has 0 saturated carbocycles. The minimum Gasteiger partial charge on any atom is -0.481 e. The van der Waals surface area contributed by atoms with Gasteiger partial charge in [0.05, 0.1) is 17.9 Å². The summed E-state index contributed by atoms with van der Waals surface area (Å²) in [5.41, 5.74) is 2.47. The third kappa shape index (κ3) is 7.24. The Morgan fingerprint density at radius 1 is 1.23 bits per heavy atom. The number of hydrogen-bond acceptors (Lipinski definition) is 7. The Bertz CT molecular complexity index is 1200. The van der Waals surface area contributed by atoms with Crippen LogP contribution in [0.4, 0.5) is 10.1 Å². The smallest absolute Gasteiger partial charge is 0.333 e. The number of allylic oxidation sites excluding steroid dienone is 1. The first-order valence-electron chi connectivity index (χ1n) is 13.4. The normalized spacial score (nSPS) is 21.8. The first-order valence-corrected chi connectivity index (χ1v) is 13.4. The molecule has 1 fully saturated rings. The Morgan fingerprint density at radius 2 is 1.93 bits per heavy atom. The third-order valence-electron chi connectivity index (χ3n) is 7.48. The van der Waals surface area contributed by atoms with Gasteiger partial charge in [-0.2, -0.15) is 0 Å². The van der Waals surface area contributed by atoms with Gasteiger partial charge in [0.25, 0.3) is 5.91 Å². The van der Waals surface area contributed by atoms with Gasteiger partial charge in [-0.3, -0.25) is 14.4 Å². The molecule has 11 nitrogen and oxygen atoms in total. The number of benzene rings is 1. The number of aliphatic hydroxyl groups excluding tert-OH is 1. The molecule has 3 atom stereocenters. The lowest BCUT2D eigenvalue weighted by molar-refractivity contribution is -0.152. The number of carbonyl (C=O) groups excluding carboxylic acids is 2. The summed E-state index contributed by atoms with van der Waals surface area (Å²) in [5.74, 6) is -3.51. The minimum absolute atomic E-state index is 0.0919. The summed E-state index contributed by atoms with van der Waals surface area (Å²) < 4.78 is 13.8. The maximum atomic E-state index is 13.8. The van der Waals surface area contributed by atoms with Crippen LogP contribution in [0.3, 0.4) is 0 Å². The molecular formula is C28H37FN4O7. The van der Waals surface area contributed by atoms with E-state index in [4.69, 9.17) is 15.3 Å². The van der Waals surface area contributed by atoms with Crippen LogP contribution in [0, 0.1) is 11.7 Å². The first-order chi connectivity index (χ1) is 19.0. The average Bonchev–Trinajstić information content (AvgIpc) is 3.32. The molecule has 0 spiro atoms. The molecular weight excluding hydrogens is 523 g/mol. The number of halogens is 1. The number of anilines is 1. The van der Waals surface area contributed by atoms with Gasteiger partial charge >= 0.3 is 11.9 Å². The zero-order valence-corrected chi connectivity index (χ0v) is 23.0. The second kappa shape index (κ2) is 13.5. The molecule has 3 aliphatic rings. The van der Waals surface area contributed by atoms with Crippen molar-refractivity contribution in [2.45, 2.75) is 45.3 Å². The fraction of sp³-hybridized carbons (Fsp3) is 0.500. The highest BCUT2D eigenvalue weighted by Crippen LogP contribution is 2.37. The Balaban J connectivity index is 0.000000424. The summed E-state index contributed by atoms with van der Waals surface area (Å²) in [6, 6.07) is 4.39. The van der Waals surface area contributed by atoms with Crippen molar-refractivity contribution in [3.63, 3.8) is 0 Å². The lowest BCUT2D eigenvalue weighted by atomic mass is 9.98. The van der Waals surface area contributed by atoms with Gasteiger partial charge in [-0.1, -0.05) is 13.8 Å². The van der Waals surface area contributed by atoms with Crippen LogP contribution in [0.1, 0.15) is 38.7 Å². The van der Waals surface area contributed by atoms with Gasteiger partial charge in [-0.15, -0.1) is 0 Å². The van der Waals surface area contributed by atoms with Crippen molar-refractivity contribution in [3.8, 4) is 0 Å². The SMILES string of the molecule is CCN(CC)CCN1CCCC2C(C=C(/C=C3\C(=O)Nc4ccc(F)cc43)N2C)C1=O.O=C(O)CC(O)C(=O)O. The van der Waals surface area contributed by atoms with Crippen molar-refractivity contribution >= 4 is 35.0 Å². The van der Waals surface area contributed by atoms with E-state index >= 15 is 0 Å². The first kappa shape index (κ1) is 30.8. The number of hydrogen-bond donors (Lipinski definition) is 4. The van der Waals surface area contributed by atoms with E-state index in [1.54, 1.807) is 12.1 Å². The van der Waals surface area contributed by atoms with Crippen LogP contribution in [0.15, 0.2) is 36.0 Å². The van der Waals surface area contributed by atoms with E-state index in [0.29, 0.717) is 16.8 Å². The van der Waals surface area contributed by atoms with E-state index in [1.807, 2.05) is 18.0 Å². The Labute approximate surface area is 232 Å². The maximum Gasteiger partial charge on any atom is 0.333 e. The average molecular weight is 561 g/mol. The number of aliphatic carboxylic acids is 2. The number of nitrogens with zero attached hydrogens (tertiary/aromatic N) is 3. The van der Waals surface area contributed by atoms with E-state index in [9.17, 15) is 23.6 Å². The van der Waals surface area contributed by atoms with Gasteiger partial charge in [0.15, 0.2) is 6.10 Å². The topological polar surface area (TPSA) is 151 Å². The molecule has 0 aromatic heterocycles. The Morgan fingerprint density at radius 3 is 2.52 bits per heavy atom. The number of carboxylic acid groups (broad SMARTS) is 2. The fourth-order valence-electron chi connectivity index (χ4n) is 5.14. The van der Waals surface area contributed by atoms with Crippen LogP contribution in [0.2, 0.25) is 0 Å². The molecule has 4 N–H and O–H groups in total. The monoisotopic (exact) mass is 560 g/mol. The van der Waals surface area contributed by atoms with Crippen molar-refractivity contribution in [2.24, 2.45) is 5.92 Å². The molecule has 1 aromatic rings. The predicted molar refractivity (Wildman–Crippen MR) is 146 cm³/mol. The van der Waals surface area contributed by atoms with Gasteiger partial charge in [0.2, 0.25) is 5.91 Å². The summed E-state index contributed by atoms with van der Waals surface area (Å²) in [5, 5.41) is 26.9. The molecule has 0 aliphatic carbocycles. The second-order valence-electron chi connectivity index (χ2n) is 9.94. The number of nitrogens with one attached hydrogen (secondary N) is 1. The minimum atomic E-state index is -1.79. The Hall–Kier alpha value is -3.77. The van der Waals surface area contributed by atoms with Crippen molar-refractivity contribution in [3.05, 3.63) is 47.4 Å². The quantitative estimate of drug-likeness (QED) is 0.332. The molecule has 3 heterocycles. The number of aliphatic hydroxyl groups is 1. The molecule has 3 aliphatic heterocycles. The van der Waals surface area contributed by atoms with Gasteiger partial charge in [0, 0.05) is 49.7 Å². The van der Waals surface area contributed by atoms with Gasteiger partial charge in [0.1, 0.15) is 5.82 Å². The predicted octanol–water partition coefficient (Wildman–Crippen LogP) is 1.85. The van der Waals surface area contributed by atoms with Crippen LogP contribution in [-0.2, 0) is 19.2 Å². The number of rotatable bonds is 9. The van der Waals surface area contributed by atoms with E-state index in [2.05, 4.69) is 29.0 Å². The highest BCUT2D eigenvalue weighted by atomic mass is 19.1. The van der Waals surface area contributed by atoms with Crippen LogP contribution in [0.25, 0.3) is 5.57 Å². The van der Waals surface area contributed by atoms with Gasteiger partial charge in [-0.25, -0.2) is 9.18 Å². The molecule has 3 unspecified atom stereocenters. The van der Waals surface area contributed by atoms with E-state index in [0.717, 1.165) is 51.3 Å². The van der Waals surface area contributed by atoms with Crippen LogP contribution < -0.4 is 5.32 Å². The number of carbonyl (C=O) groups is 4. The van der Waals surface area contributed by atoms with Crippen LogP contribution in [-0.4, -0.2) is 106 Å². The van der Waals surface area contributed by atoms with Crippen molar-refractivity contribution in [2.75, 3.05) is 45.1 Å². The molecule has 1 saturated heterocycles. The number of amides is 2. The van der Waals surface area contributed by atoms with E-state index in [-0.39, 0.29) is 29.6 Å². The third-order valence-corrected chi connectivity index (χ3v) is 7.48. The number of fused-ring (bicyclic) bond motifs is 2. The van der Waals surface area contributed by atoms with Gasteiger partial charge < -0.3 is 35.3 Å². The summed E-state index contributed by atoms with van der Waals surface area (Å²) in [7, 11) is 1.98. The summed E-state index contributed by atoms with van der Waals surface area (Å²) in [6.45, 7) is 8.66. The Kier molecular flexibility index (Phi) is 10.4. The molecule has 40 heavy (non-hydrogen) atoms. The van der Waals surface area contributed by atoms with Crippen molar-refractivity contribution in [1.82, 2.24) is 14.7 Å². The van der Waals surface area contributed by atoms with Crippen LogP contribution in [0.5, 0.6) is 0 Å². The summed E-state index contributed by atoms with van der Waals surface area (Å²) in [4.78, 5) is 51.7. The highest BCUT2D eigenvalue weighted by molar-refractivity contribution is 6.31. The molecule has 12 heteroatoms. The summed E-state index contributed by atoms with van der Waals surface area (Å²) in [6.07, 6.45) is 3.12. The zero-order valence-electron chi connectivity index (χ0n) is 23.0. The van der Waals surface area contributed by atoms with E-state index < -0.39 is 24.5 Å². The number of likely N-dealkylation sites (N-methyl/N-ethyl adjacent to an activating group) is 2. The van der Waals surface area contributed by atoms with Crippen molar-refractivity contribution < 1.29 is 38.9 Å². The molecule has 1 aromatic carbocycles. The summed E-state index contributed by atoms with van der Waals surface area (Å²) >= 11 is 0. The van der Waals surface area contributed by atoms with Crippen LogP contribution >= 0.6 is 0 Å². The van der Waals surface area contributed by atoms with E-state index in [1.165, 1.54) is 12.1 Å². The lowest BCUT2D eigenvalue weighted by Gasteiger charge is -2.28. The highest BCUT2D eigenvalue weighted by Gasteiger charge is 2.40. The molecule has 0 radical (unpaired) electrons. The van der Waals surface area contributed by atoms with Crippen molar-refractivity contribution in [1.29, 1.82) is 0 Å². The molecule has 4 rings (SSSR count). The number of likely N-dealkylation sites (tertiary alicyclic amines) is 1. The molecule has 0 bridgehead atoms. The largest absolute Gasteiger partial charge is 0.481 e.